The summed E-state index contributed by atoms with van der Waals surface area (Å²) in [7, 11) is -6.19. The van der Waals surface area contributed by atoms with Crippen LogP contribution >= 0.6 is 0 Å². The Kier molecular flexibility index (Phi) is 6.99. The fourth-order valence-electron chi connectivity index (χ4n) is 3.37. The van der Waals surface area contributed by atoms with Crippen LogP contribution in [0.1, 0.15) is 28.8 Å². The second-order valence-electron chi connectivity index (χ2n) is 7.17. The molecular weight excluding hydrogens is 442 g/mol. The van der Waals surface area contributed by atoms with Crippen molar-refractivity contribution in [2.24, 2.45) is 5.14 Å². The number of amides is 1. The van der Waals surface area contributed by atoms with Gasteiger partial charge in [-0.25, -0.2) is 22.0 Å². The van der Waals surface area contributed by atoms with E-state index in [-0.39, 0.29) is 27.6 Å². The highest BCUT2D eigenvalue weighted by Gasteiger charge is 2.26. The molecule has 31 heavy (non-hydrogen) atoms. The van der Waals surface area contributed by atoms with Crippen LogP contribution in [0.25, 0.3) is 0 Å². The van der Waals surface area contributed by atoms with Gasteiger partial charge in [-0.3, -0.25) is 4.79 Å². The van der Waals surface area contributed by atoms with Gasteiger partial charge in [0, 0.05) is 25.2 Å². The van der Waals surface area contributed by atoms with E-state index in [9.17, 15) is 21.6 Å². The lowest BCUT2D eigenvalue weighted by molar-refractivity contribution is 0.0954. The summed E-state index contributed by atoms with van der Waals surface area (Å²) < 4.78 is 55.0. The zero-order valence-electron chi connectivity index (χ0n) is 17.1. The van der Waals surface area contributed by atoms with Gasteiger partial charge >= 0.3 is 0 Å². The van der Waals surface area contributed by atoms with E-state index in [1.54, 1.807) is 24.3 Å². The second kappa shape index (κ2) is 9.35. The predicted molar refractivity (Wildman–Crippen MR) is 115 cm³/mol. The Bertz CT molecular complexity index is 1160. The fourth-order valence-corrected chi connectivity index (χ4v) is 5.61. The van der Waals surface area contributed by atoms with Gasteiger partial charge in [0.15, 0.2) is 0 Å². The van der Waals surface area contributed by atoms with Crippen molar-refractivity contribution in [3.05, 3.63) is 53.6 Å². The van der Waals surface area contributed by atoms with Crippen molar-refractivity contribution in [1.29, 1.82) is 0 Å². The summed E-state index contributed by atoms with van der Waals surface area (Å²) in [6, 6.07) is 10.6. The van der Waals surface area contributed by atoms with Crippen LogP contribution in [0.2, 0.25) is 0 Å². The van der Waals surface area contributed by atoms with Crippen LogP contribution in [0.4, 0.5) is 0 Å². The highest BCUT2D eigenvalue weighted by Crippen LogP contribution is 2.24. The minimum Gasteiger partial charge on any atom is -0.495 e. The van der Waals surface area contributed by atoms with Crippen LogP contribution in [0.15, 0.2) is 52.3 Å². The molecule has 9 nitrogen and oxygen atoms in total. The van der Waals surface area contributed by atoms with Gasteiger partial charge in [-0.2, -0.15) is 4.31 Å². The molecule has 2 aromatic carbocycles. The molecule has 0 radical (unpaired) electrons. The Morgan fingerprint density at radius 1 is 1.06 bits per heavy atom. The number of hydrogen-bond acceptors (Lipinski definition) is 6. The van der Waals surface area contributed by atoms with Crippen molar-refractivity contribution in [2.75, 3.05) is 26.7 Å². The average molecular weight is 468 g/mol. The minimum absolute atomic E-state index is 0.0584. The highest BCUT2D eigenvalue weighted by atomic mass is 32.2. The summed E-state index contributed by atoms with van der Waals surface area (Å²) in [6.45, 7) is 1.39. The number of ether oxygens (including phenoxy) is 1. The summed E-state index contributed by atoms with van der Waals surface area (Å²) in [5, 5.41) is 7.89. The maximum Gasteiger partial charge on any atom is 0.251 e. The molecule has 3 N–H and O–H groups in total. The third kappa shape index (κ3) is 5.42. The normalized spacial score (nSPS) is 15.0. The molecule has 1 saturated heterocycles. The van der Waals surface area contributed by atoms with E-state index in [1.165, 1.54) is 29.6 Å². The zero-order chi connectivity index (χ0) is 22.6. The Labute approximate surface area is 182 Å². The lowest BCUT2D eigenvalue weighted by Crippen LogP contribution is -2.28. The number of nitrogens with one attached hydrogen (secondary N) is 1. The van der Waals surface area contributed by atoms with E-state index >= 15 is 0 Å². The first kappa shape index (κ1) is 23.2. The molecule has 0 spiro atoms. The molecule has 3 rings (SSSR count). The molecule has 1 aliphatic rings. The molecule has 0 aliphatic carbocycles. The van der Waals surface area contributed by atoms with Crippen molar-refractivity contribution >= 4 is 26.0 Å². The molecule has 1 aliphatic heterocycles. The van der Waals surface area contributed by atoms with Crippen LogP contribution in [0.3, 0.4) is 0 Å². The van der Waals surface area contributed by atoms with E-state index in [0.717, 1.165) is 18.4 Å². The topological polar surface area (TPSA) is 136 Å². The summed E-state index contributed by atoms with van der Waals surface area (Å²) >= 11 is 0. The minimum atomic E-state index is -4.05. The SMILES string of the molecule is COc1ccc(C(=O)NCCc2ccc(S(=O)(=O)N3CCCC3)cc2)cc1S(N)(=O)=O. The van der Waals surface area contributed by atoms with Gasteiger partial charge in [-0.05, 0) is 55.2 Å². The van der Waals surface area contributed by atoms with Crippen molar-refractivity contribution in [1.82, 2.24) is 9.62 Å². The molecule has 1 heterocycles. The summed E-state index contributed by atoms with van der Waals surface area (Å²) in [5.41, 5.74) is 0.998. The molecule has 2 aromatic rings. The largest absolute Gasteiger partial charge is 0.495 e. The van der Waals surface area contributed by atoms with Crippen molar-refractivity contribution in [2.45, 2.75) is 29.1 Å². The van der Waals surface area contributed by atoms with Crippen molar-refractivity contribution in [3.63, 3.8) is 0 Å². The maximum absolute atomic E-state index is 12.6. The third-order valence-electron chi connectivity index (χ3n) is 5.06. The van der Waals surface area contributed by atoms with Crippen LogP contribution in [0, 0.1) is 0 Å². The number of methoxy groups -OCH3 is 1. The molecule has 0 bridgehead atoms. The highest BCUT2D eigenvalue weighted by molar-refractivity contribution is 7.89. The smallest absolute Gasteiger partial charge is 0.251 e. The number of sulfonamides is 2. The molecule has 11 heteroatoms. The van der Waals surface area contributed by atoms with E-state index in [1.807, 2.05) is 0 Å². The molecular formula is C20H25N3O6S2. The van der Waals surface area contributed by atoms with Crippen LogP contribution in [-0.4, -0.2) is 53.8 Å². The van der Waals surface area contributed by atoms with Gasteiger partial charge < -0.3 is 10.1 Å². The number of rotatable bonds is 8. The lowest BCUT2D eigenvalue weighted by atomic mass is 10.1. The number of nitrogens with two attached hydrogens (primary N) is 1. The van der Waals surface area contributed by atoms with Gasteiger partial charge in [0.1, 0.15) is 10.6 Å². The summed E-state index contributed by atoms with van der Waals surface area (Å²) in [6.07, 6.45) is 2.24. The molecule has 1 amide bonds. The average Bonchev–Trinajstić information content (AvgIpc) is 3.29. The molecule has 0 atom stereocenters. The first-order chi connectivity index (χ1) is 14.6. The number of carbonyl (C=O) groups is 1. The first-order valence-electron chi connectivity index (χ1n) is 9.71. The van der Waals surface area contributed by atoms with Gasteiger partial charge in [0.2, 0.25) is 20.0 Å². The molecule has 0 unspecified atom stereocenters. The van der Waals surface area contributed by atoms with Gasteiger partial charge in [-0.15, -0.1) is 0 Å². The number of primary sulfonamides is 1. The molecule has 0 aromatic heterocycles. The maximum atomic E-state index is 12.6. The second-order valence-corrected chi connectivity index (χ2v) is 10.6. The Hall–Kier alpha value is -2.47. The number of benzene rings is 2. The van der Waals surface area contributed by atoms with E-state index in [4.69, 9.17) is 9.88 Å². The molecule has 1 fully saturated rings. The van der Waals surface area contributed by atoms with E-state index in [2.05, 4.69) is 5.32 Å². The Balaban J connectivity index is 1.61. The zero-order valence-corrected chi connectivity index (χ0v) is 18.7. The van der Waals surface area contributed by atoms with Gasteiger partial charge in [0.05, 0.1) is 12.0 Å². The number of hydrogen-bond donors (Lipinski definition) is 2. The van der Waals surface area contributed by atoms with Crippen LogP contribution in [0.5, 0.6) is 5.75 Å². The van der Waals surface area contributed by atoms with Crippen molar-refractivity contribution < 1.29 is 26.4 Å². The third-order valence-corrected chi connectivity index (χ3v) is 7.90. The Morgan fingerprint density at radius 3 is 2.29 bits per heavy atom. The predicted octanol–water partition coefficient (Wildman–Crippen LogP) is 1.10. The monoisotopic (exact) mass is 467 g/mol. The van der Waals surface area contributed by atoms with Crippen LogP contribution in [-0.2, 0) is 26.5 Å². The number of carbonyl (C=O) groups excluding carboxylic acids is 1. The Morgan fingerprint density at radius 2 is 1.71 bits per heavy atom. The molecule has 168 valence electrons. The van der Waals surface area contributed by atoms with Gasteiger partial charge in [-0.1, -0.05) is 12.1 Å². The fraction of sp³-hybridized carbons (Fsp3) is 0.350. The van der Waals surface area contributed by atoms with Crippen molar-refractivity contribution in [3.8, 4) is 5.75 Å². The standard InChI is InChI=1S/C20H25N3O6S2/c1-29-18-9-6-16(14-19(18)30(21,25)26)20(24)22-11-10-15-4-7-17(8-5-15)31(27,28)23-12-2-3-13-23/h4-9,14H,2-3,10-13H2,1H3,(H,22,24)(H2,21,25,26). The lowest BCUT2D eigenvalue weighted by Gasteiger charge is -2.15. The first-order valence-corrected chi connectivity index (χ1v) is 12.7. The van der Waals surface area contributed by atoms with Gasteiger partial charge in [0.25, 0.3) is 5.91 Å². The molecule has 0 saturated carbocycles. The number of nitrogens with zero attached hydrogens (tertiary/aromatic N) is 1. The summed E-state index contributed by atoms with van der Waals surface area (Å²) in [4.78, 5) is 12.4. The van der Waals surface area contributed by atoms with Crippen LogP contribution < -0.4 is 15.2 Å². The van der Waals surface area contributed by atoms with E-state index < -0.39 is 26.0 Å². The summed E-state index contributed by atoms with van der Waals surface area (Å²) in [5.74, 6) is -0.399. The van der Waals surface area contributed by atoms with E-state index in [0.29, 0.717) is 19.5 Å². The quantitative estimate of drug-likeness (QED) is 0.597.